The molecule has 0 spiro atoms. The van der Waals surface area contributed by atoms with Gasteiger partial charge in [0.1, 0.15) is 17.7 Å². The van der Waals surface area contributed by atoms with E-state index in [0.29, 0.717) is 12.2 Å². The first-order valence-corrected chi connectivity index (χ1v) is 11.1. The van der Waals surface area contributed by atoms with Crippen LogP contribution >= 0.6 is 0 Å². The first kappa shape index (κ1) is 22.2. The van der Waals surface area contributed by atoms with Crippen molar-refractivity contribution in [3.63, 3.8) is 0 Å². The molecular formula is C24H29N3O5. The predicted molar refractivity (Wildman–Crippen MR) is 119 cm³/mol. The topological polar surface area (TPSA) is 110 Å². The quantitative estimate of drug-likeness (QED) is 0.582. The van der Waals surface area contributed by atoms with Crippen molar-refractivity contribution in [2.75, 3.05) is 31.7 Å². The molecule has 32 heavy (non-hydrogen) atoms. The fourth-order valence-electron chi connectivity index (χ4n) is 3.92. The number of aliphatic hydroxyl groups excluding tert-OH is 1. The zero-order valence-electron chi connectivity index (χ0n) is 18.2. The average molecular weight is 440 g/mol. The molecule has 0 unspecified atom stereocenters. The van der Waals surface area contributed by atoms with Gasteiger partial charge in [0.05, 0.1) is 31.7 Å². The second-order valence-corrected chi connectivity index (χ2v) is 8.29. The van der Waals surface area contributed by atoms with Crippen LogP contribution in [0.15, 0.2) is 36.5 Å². The molecule has 0 radical (unpaired) electrons. The smallest absolute Gasteiger partial charge is 0.229 e. The maximum absolute atomic E-state index is 12.5. The molecule has 4 rings (SSSR count). The molecule has 3 N–H and O–H groups in total. The number of hydrogen-bond donors (Lipinski definition) is 3. The van der Waals surface area contributed by atoms with Crippen LogP contribution in [0.4, 0.5) is 5.82 Å². The van der Waals surface area contributed by atoms with Crippen molar-refractivity contribution < 1.29 is 24.2 Å². The van der Waals surface area contributed by atoms with Crippen molar-refractivity contribution in [3.05, 3.63) is 42.1 Å². The monoisotopic (exact) mass is 439 g/mol. The minimum Gasteiger partial charge on any atom is -0.490 e. The fourth-order valence-corrected chi connectivity index (χ4v) is 3.92. The first-order chi connectivity index (χ1) is 15.5. The Kier molecular flexibility index (Phi) is 7.02. The number of carbonyl (C=O) groups is 2. The van der Waals surface area contributed by atoms with E-state index in [1.54, 1.807) is 6.20 Å². The van der Waals surface area contributed by atoms with Gasteiger partial charge in [0.2, 0.25) is 11.8 Å². The number of aryl methyl sites for hydroxylation is 1. The van der Waals surface area contributed by atoms with Gasteiger partial charge in [-0.2, -0.15) is 0 Å². The van der Waals surface area contributed by atoms with Gasteiger partial charge in [-0.3, -0.25) is 9.59 Å². The lowest BCUT2D eigenvalue weighted by Gasteiger charge is -2.24. The summed E-state index contributed by atoms with van der Waals surface area (Å²) >= 11 is 0. The second kappa shape index (κ2) is 10.1. The van der Waals surface area contributed by atoms with Crippen LogP contribution in [0.3, 0.4) is 0 Å². The Balaban J connectivity index is 1.38. The van der Waals surface area contributed by atoms with Crippen LogP contribution in [0, 0.1) is 18.8 Å². The maximum atomic E-state index is 12.5. The molecule has 1 aromatic heterocycles. The summed E-state index contributed by atoms with van der Waals surface area (Å²) in [6.07, 6.45) is 4.16. The van der Waals surface area contributed by atoms with Gasteiger partial charge in [0.15, 0.2) is 0 Å². The van der Waals surface area contributed by atoms with Crippen LogP contribution in [0.25, 0.3) is 11.1 Å². The second-order valence-electron chi connectivity index (χ2n) is 8.29. The number of aliphatic hydroxyl groups is 1. The molecule has 2 aliphatic rings. The van der Waals surface area contributed by atoms with Gasteiger partial charge < -0.3 is 25.2 Å². The van der Waals surface area contributed by atoms with Crippen LogP contribution in [-0.2, 0) is 14.3 Å². The maximum Gasteiger partial charge on any atom is 0.229 e. The predicted octanol–water partition coefficient (Wildman–Crippen LogP) is 2.30. The van der Waals surface area contributed by atoms with E-state index in [1.807, 2.05) is 31.2 Å². The Morgan fingerprint density at radius 3 is 2.62 bits per heavy atom. The molecule has 2 aromatic rings. The number of anilines is 1. The summed E-state index contributed by atoms with van der Waals surface area (Å²) in [5.41, 5.74) is 2.99. The highest BCUT2D eigenvalue weighted by molar-refractivity contribution is 5.99. The molecular weight excluding hydrogens is 410 g/mol. The van der Waals surface area contributed by atoms with Crippen molar-refractivity contribution in [1.82, 2.24) is 10.3 Å². The summed E-state index contributed by atoms with van der Waals surface area (Å²) in [6.45, 7) is 3.58. The molecule has 2 heterocycles. The number of hydrogen-bond acceptors (Lipinski definition) is 6. The number of ether oxygens (including phenoxy) is 2. The van der Waals surface area contributed by atoms with Gasteiger partial charge >= 0.3 is 0 Å². The number of rotatable bonds is 8. The standard InChI is InChI=1S/C24H29N3O5/c1-15-12-16(2-3-21(15)32-18-5-10-31-11-6-18)17-4-7-25-22(13-17)27-24(30)20-14-19(20)23(29)26-8-9-28/h2-4,7,12-13,18-20,28H,5-6,8-11,14H2,1H3,(H,26,29)(H,25,27,30)/t19-,20-/m1/s1. The lowest BCUT2D eigenvalue weighted by atomic mass is 10.0. The van der Waals surface area contributed by atoms with Crippen molar-refractivity contribution in [1.29, 1.82) is 0 Å². The van der Waals surface area contributed by atoms with Crippen molar-refractivity contribution in [3.8, 4) is 16.9 Å². The molecule has 8 heteroatoms. The summed E-state index contributed by atoms with van der Waals surface area (Å²) < 4.78 is 11.5. The van der Waals surface area contributed by atoms with Gasteiger partial charge in [-0.15, -0.1) is 0 Å². The van der Waals surface area contributed by atoms with Crippen LogP contribution < -0.4 is 15.4 Å². The van der Waals surface area contributed by atoms with Gasteiger partial charge in [0.25, 0.3) is 0 Å². The Hall–Kier alpha value is -2.97. The highest BCUT2D eigenvalue weighted by atomic mass is 16.5. The number of benzene rings is 1. The molecule has 2 fully saturated rings. The molecule has 1 saturated carbocycles. The highest BCUT2D eigenvalue weighted by Gasteiger charge is 2.48. The lowest BCUT2D eigenvalue weighted by Crippen LogP contribution is -2.29. The third kappa shape index (κ3) is 5.44. The minimum absolute atomic E-state index is 0.117. The van der Waals surface area contributed by atoms with Gasteiger partial charge in [0, 0.05) is 25.6 Å². The van der Waals surface area contributed by atoms with Crippen LogP contribution in [-0.4, -0.2) is 54.4 Å². The number of aromatic nitrogens is 1. The normalized spacial score (nSPS) is 20.4. The molecule has 1 saturated heterocycles. The molecule has 1 aliphatic heterocycles. The van der Waals surface area contributed by atoms with Crippen molar-refractivity contribution >= 4 is 17.6 Å². The third-order valence-corrected chi connectivity index (χ3v) is 5.86. The summed E-state index contributed by atoms with van der Waals surface area (Å²) in [7, 11) is 0. The number of amides is 2. The summed E-state index contributed by atoms with van der Waals surface area (Å²) in [5, 5.41) is 14.2. The first-order valence-electron chi connectivity index (χ1n) is 11.1. The van der Waals surface area contributed by atoms with E-state index in [4.69, 9.17) is 14.6 Å². The van der Waals surface area contributed by atoms with E-state index in [-0.39, 0.29) is 42.9 Å². The molecule has 170 valence electrons. The van der Waals surface area contributed by atoms with Crippen molar-refractivity contribution in [2.24, 2.45) is 11.8 Å². The Morgan fingerprint density at radius 2 is 1.88 bits per heavy atom. The number of nitrogens with zero attached hydrogens (tertiary/aromatic N) is 1. The number of pyridine rings is 1. The zero-order chi connectivity index (χ0) is 22.5. The van der Waals surface area contributed by atoms with Gasteiger partial charge in [-0.1, -0.05) is 6.07 Å². The largest absolute Gasteiger partial charge is 0.490 e. The fraction of sp³-hybridized carbons (Fsp3) is 0.458. The van der Waals surface area contributed by atoms with Crippen LogP contribution in [0.5, 0.6) is 5.75 Å². The highest BCUT2D eigenvalue weighted by Crippen LogP contribution is 2.39. The van der Waals surface area contributed by atoms with E-state index in [2.05, 4.69) is 21.7 Å². The zero-order valence-corrected chi connectivity index (χ0v) is 18.2. The average Bonchev–Trinajstić information content (AvgIpc) is 3.61. The SMILES string of the molecule is Cc1cc(-c2ccnc(NC(=O)[C@@H]3C[C@H]3C(=O)NCCO)c2)ccc1OC1CCOCC1. The van der Waals surface area contributed by atoms with E-state index in [0.717, 1.165) is 48.5 Å². The third-order valence-electron chi connectivity index (χ3n) is 5.86. The van der Waals surface area contributed by atoms with Crippen LogP contribution in [0.2, 0.25) is 0 Å². The summed E-state index contributed by atoms with van der Waals surface area (Å²) in [6, 6.07) is 9.78. The Labute approximate surface area is 187 Å². The lowest BCUT2D eigenvalue weighted by molar-refractivity contribution is -0.125. The van der Waals surface area contributed by atoms with E-state index in [1.165, 1.54) is 0 Å². The number of carbonyl (C=O) groups excluding carboxylic acids is 2. The van der Waals surface area contributed by atoms with E-state index < -0.39 is 0 Å². The molecule has 8 nitrogen and oxygen atoms in total. The Morgan fingerprint density at radius 1 is 1.12 bits per heavy atom. The molecule has 2 amide bonds. The van der Waals surface area contributed by atoms with E-state index in [9.17, 15) is 9.59 Å². The number of nitrogens with one attached hydrogen (secondary N) is 2. The van der Waals surface area contributed by atoms with E-state index >= 15 is 0 Å². The van der Waals surface area contributed by atoms with Gasteiger partial charge in [-0.05, 0) is 54.3 Å². The van der Waals surface area contributed by atoms with Crippen molar-refractivity contribution in [2.45, 2.75) is 32.3 Å². The molecule has 1 aliphatic carbocycles. The Bertz CT molecular complexity index is 974. The van der Waals surface area contributed by atoms with Gasteiger partial charge in [-0.25, -0.2) is 4.98 Å². The summed E-state index contributed by atoms with van der Waals surface area (Å²) in [5.74, 6) is 0.227. The molecule has 1 aromatic carbocycles. The molecule has 0 bridgehead atoms. The molecule has 2 atom stereocenters. The summed E-state index contributed by atoms with van der Waals surface area (Å²) in [4.78, 5) is 28.7. The van der Waals surface area contributed by atoms with Crippen LogP contribution in [0.1, 0.15) is 24.8 Å². The minimum atomic E-state index is -0.358.